The minimum atomic E-state index is -0.770. The summed E-state index contributed by atoms with van der Waals surface area (Å²) in [6, 6.07) is 1.91. The monoisotopic (exact) mass is 206 g/mol. The zero-order valence-corrected chi connectivity index (χ0v) is 8.78. The van der Waals surface area contributed by atoms with Crippen LogP contribution in [0.15, 0.2) is 18.5 Å². The molecule has 0 aliphatic rings. The van der Waals surface area contributed by atoms with E-state index in [1.807, 2.05) is 12.3 Å². The van der Waals surface area contributed by atoms with Gasteiger partial charge in [0.05, 0.1) is 5.60 Å². The third-order valence-corrected chi connectivity index (χ3v) is 1.98. The van der Waals surface area contributed by atoms with Crippen molar-refractivity contribution in [2.45, 2.75) is 19.4 Å². The fourth-order valence-electron chi connectivity index (χ4n) is 1.22. The largest absolute Gasteiger partial charge is 0.389 e. The molecule has 5 nitrogen and oxygen atoms in total. The van der Waals surface area contributed by atoms with Crippen molar-refractivity contribution >= 4 is 17.0 Å². The second-order valence-electron chi connectivity index (χ2n) is 4.14. The second kappa shape index (κ2) is 3.51. The number of hydrogen-bond donors (Lipinski definition) is 3. The van der Waals surface area contributed by atoms with E-state index in [2.05, 4.69) is 20.3 Å². The van der Waals surface area contributed by atoms with Crippen molar-refractivity contribution in [3.63, 3.8) is 0 Å². The Kier molecular flexibility index (Phi) is 2.32. The molecule has 0 spiro atoms. The lowest BCUT2D eigenvalue weighted by Gasteiger charge is -2.17. The van der Waals surface area contributed by atoms with Gasteiger partial charge in [-0.1, -0.05) is 0 Å². The molecular formula is C10H14N4O. The van der Waals surface area contributed by atoms with Gasteiger partial charge in [-0.15, -0.1) is 0 Å². The van der Waals surface area contributed by atoms with Crippen molar-refractivity contribution in [2.75, 3.05) is 11.9 Å². The Morgan fingerprint density at radius 1 is 1.53 bits per heavy atom. The van der Waals surface area contributed by atoms with Crippen molar-refractivity contribution in [1.82, 2.24) is 15.0 Å². The minimum absolute atomic E-state index is 0.416. The molecular weight excluding hydrogens is 192 g/mol. The molecule has 15 heavy (non-hydrogen) atoms. The van der Waals surface area contributed by atoms with Crippen LogP contribution in [0, 0.1) is 0 Å². The first-order valence-corrected chi connectivity index (χ1v) is 4.81. The van der Waals surface area contributed by atoms with Crippen LogP contribution in [-0.4, -0.2) is 32.2 Å². The maximum absolute atomic E-state index is 9.53. The van der Waals surface area contributed by atoms with Gasteiger partial charge in [0.1, 0.15) is 5.65 Å². The number of aliphatic hydroxyl groups is 1. The van der Waals surface area contributed by atoms with Crippen LogP contribution >= 0.6 is 0 Å². The summed E-state index contributed by atoms with van der Waals surface area (Å²) in [5.74, 6) is 0.520. The van der Waals surface area contributed by atoms with Crippen LogP contribution in [0.4, 0.5) is 5.95 Å². The maximum Gasteiger partial charge on any atom is 0.224 e. The van der Waals surface area contributed by atoms with Gasteiger partial charge in [-0.3, -0.25) is 0 Å². The lowest BCUT2D eigenvalue weighted by molar-refractivity contribution is 0.0943. The normalized spacial score (nSPS) is 11.9. The Hall–Kier alpha value is -1.62. The summed E-state index contributed by atoms with van der Waals surface area (Å²) in [5, 5.41) is 13.5. The average molecular weight is 206 g/mol. The van der Waals surface area contributed by atoms with Crippen LogP contribution in [0.1, 0.15) is 13.8 Å². The smallest absolute Gasteiger partial charge is 0.224 e. The van der Waals surface area contributed by atoms with E-state index in [1.54, 1.807) is 20.0 Å². The second-order valence-corrected chi connectivity index (χ2v) is 4.14. The molecule has 2 heterocycles. The number of aromatic nitrogens is 3. The van der Waals surface area contributed by atoms with Gasteiger partial charge < -0.3 is 15.4 Å². The Morgan fingerprint density at radius 3 is 3.07 bits per heavy atom. The van der Waals surface area contributed by atoms with Gasteiger partial charge in [-0.25, -0.2) is 4.98 Å². The first kappa shape index (κ1) is 9.92. The molecule has 0 saturated carbocycles. The summed E-state index contributed by atoms with van der Waals surface area (Å²) in [6.45, 7) is 3.87. The number of anilines is 1. The van der Waals surface area contributed by atoms with Crippen LogP contribution in [0.5, 0.6) is 0 Å². The van der Waals surface area contributed by atoms with Crippen LogP contribution in [-0.2, 0) is 0 Å². The summed E-state index contributed by atoms with van der Waals surface area (Å²) in [6.07, 6.45) is 3.56. The molecule has 5 heteroatoms. The molecule has 0 unspecified atom stereocenters. The highest BCUT2D eigenvalue weighted by molar-refractivity contribution is 5.75. The molecule has 0 aliphatic heterocycles. The SMILES string of the molecule is CC(C)(O)CNc1ncc2cc[nH]c2n1. The van der Waals surface area contributed by atoms with Gasteiger partial charge >= 0.3 is 0 Å². The van der Waals surface area contributed by atoms with E-state index < -0.39 is 5.60 Å². The van der Waals surface area contributed by atoms with Crippen molar-refractivity contribution in [2.24, 2.45) is 0 Å². The van der Waals surface area contributed by atoms with E-state index in [4.69, 9.17) is 0 Å². The standard InChI is InChI=1S/C10H14N4O/c1-10(2,15)6-13-9-12-5-7-3-4-11-8(7)14-9/h3-5,15H,6H2,1-2H3,(H2,11,12,13,14). The number of aromatic amines is 1. The molecule has 0 fully saturated rings. The van der Waals surface area contributed by atoms with Crippen molar-refractivity contribution in [3.05, 3.63) is 18.5 Å². The lowest BCUT2D eigenvalue weighted by Crippen LogP contribution is -2.29. The molecule has 2 aromatic heterocycles. The molecule has 0 atom stereocenters. The molecule has 0 amide bonds. The van der Waals surface area contributed by atoms with Crippen LogP contribution in [0.2, 0.25) is 0 Å². The molecule has 0 bridgehead atoms. The molecule has 0 radical (unpaired) electrons. The summed E-state index contributed by atoms with van der Waals surface area (Å²) in [5.41, 5.74) is 0.0249. The third-order valence-electron chi connectivity index (χ3n) is 1.98. The highest BCUT2D eigenvalue weighted by Crippen LogP contribution is 2.10. The third kappa shape index (κ3) is 2.44. The van der Waals surface area contributed by atoms with E-state index in [-0.39, 0.29) is 0 Å². The number of nitrogens with one attached hydrogen (secondary N) is 2. The van der Waals surface area contributed by atoms with Crippen molar-refractivity contribution < 1.29 is 5.11 Å². The Labute approximate surface area is 87.6 Å². The summed E-state index contributed by atoms with van der Waals surface area (Å²) < 4.78 is 0. The van der Waals surface area contributed by atoms with Crippen molar-refractivity contribution in [1.29, 1.82) is 0 Å². The van der Waals surface area contributed by atoms with E-state index in [9.17, 15) is 5.11 Å². The number of fused-ring (bicyclic) bond motifs is 1. The summed E-state index contributed by atoms with van der Waals surface area (Å²) >= 11 is 0. The quantitative estimate of drug-likeness (QED) is 0.704. The Bertz CT molecular complexity index is 458. The zero-order valence-electron chi connectivity index (χ0n) is 8.78. The first-order valence-electron chi connectivity index (χ1n) is 4.81. The fraction of sp³-hybridized carbons (Fsp3) is 0.400. The minimum Gasteiger partial charge on any atom is -0.389 e. The van der Waals surface area contributed by atoms with Gasteiger partial charge in [0.2, 0.25) is 5.95 Å². The van der Waals surface area contributed by atoms with E-state index in [0.29, 0.717) is 12.5 Å². The lowest BCUT2D eigenvalue weighted by atomic mass is 10.1. The van der Waals surface area contributed by atoms with Gasteiger partial charge in [-0.2, -0.15) is 4.98 Å². The summed E-state index contributed by atoms with van der Waals surface area (Å²) in [4.78, 5) is 11.4. The molecule has 2 rings (SSSR count). The highest BCUT2D eigenvalue weighted by atomic mass is 16.3. The number of rotatable bonds is 3. The molecule has 0 saturated heterocycles. The molecule has 3 N–H and O–H groups in total. The molecule has 0 aromatic carbocycles. The fourth-order valence-corrected chi connectivity index (χ4v) is 1.22. The molecule has 0 aliphatic carbocycles. The predicted octanol–water partition coefficient (Wildman–Crippen LogP) is 1.14. The summed E-state index contributed by atoms with van der Waals surface area (Å²) in [7, 11) is 0. The van der Waals surface area contributed by atoms with E-state index in [0.717, 1.165) is 11.0 Å². The maximum atomic E-state index is 9.53. The predicted molar refractivity (Wildman–Crippen MR) is 58.7 cm³/mol. The van der Waals surface area contributed by atoms with E-state index >= 15 is 0 Å². The van der Waals surface area contributed by atoms with Gasteiger partial charge in [0.25, 0.3) is 0 Å². The van der Waals surface area contributed by atoms with Gasteiger partial charge in [0.15, 0.2) is 0 Å². The number of hydrogen-bond acceptors (Lipinski definition) is 4. The van der Waals surface area contributed by atoms with Crippen LogP contribution in [0.25, 0.3) is 11.0 Å². The van der Waals surface area contributed by atoms with Gasteiger partial charge in [-0.05, 0) is 19.9 Å². The Balaban J connectivity index is 2.15. The zero-order chi connectivity index (χ0) is 10.9. The topological polar surface area (TPSA) is 73.8 Å². The average Bonchev–Trinajstić information content (AvgIpc) is 2.60. The number of H-pyrrole nitrogens is 1. The van der Waals surface area contributed by atoms with Crippen LogP contribution < -0.4 is 5.32 Å². The van der Waals surface area contributed by atoms with Crippen LogP contribution in [0.3, 0.4) is 0 Å². The van der Waals surface area contributed by atoms with Gasteiger partial charge in [0, 0.05) is 24.3 Å². The first-order chi connectivity index (χ1) is 7.04. The van der Waals surface area contributed by atoms with Crippen molar-refractivity contribution in [3.8, 4) is 0 Å². The molecule has 2 aromatic rings. The Morgan fingerprint density at radius 2 is 2.33 bits per heavy atom. The molecule has 80 valence electrons. The van der Waals surface area contributed by atoms with E-state index in [1.165, 1.54) is 0 Å². The number of nitrogens with zero attached hydrogens (tertiary/aromatic N) is 2. The highest BCUT2D eigenvalue weighted by Gasteiger charge is 2.12.